The van der Waals surface area contributed by atoms with Crippen LogP contribution in [0.15, 0.2) is 18.2 Å². The highest BCUT2D eigenvalue weighted by atomic mass is 127. The first-order chi connectivity index (χ1) is 7.16. The molecule has 1 aromatic rings. The van der Waals surface area contributed by atoms with Crippen molar-refractivity contribution in [2.24, 2.45) is 0 Å². The molecule has 15 heavy (non-hydrogen) atoms. The molecule has 0 radical (unpaired) electrons. The molecule has 0 unspecified atom stereocenters. The summed E-state index contributed by atoms with van der Waals surface area (Å²) in [6, 6.07) is 6.96. The normalized spacial score (nSPS) is 10.3. The first kappa shape index (κ1) is 13.4. The minimum Gasteiger partial charge on any atom is -0.462 e. The molecule has 0 saturated heterocycles. The van der Waals surface area contributed by atoms with E-state index < -0.39 is 0 Å². The summed E-state index contributed by atoms with van der Waals surface area (Å²) in [5, 5.41) is 0. The van der Waals surface area contributed by atoms with E-state index in [1.165, 1.54) is 16.3 Å². The molecule has 0 spiro atoms. The van der Waals surface area contributed by atoms with E-state index in [0.29, 0.717) is 12.2 Å². The highest BCUT2D eigenvalue weighted by Crippen LogP contribution is 2.19. The van der Waals surface area contributed by atoms with E-state index in [2.05, 4.69) is 45.2 Å². The van der Waals surface area contributed by atoms with Gasteiger partial charge in [-0.3, -0.25) is 0 Å². The van der Waals surface area contributed by atoms with Crippen molar-refractivity contribution in [1.29, 1.82) is 0 Å². The molecule has 0 N–H and O–H groups in total. The van der Waals surface area contributed by atoms with Gasteiger partial charge in [-0.25, -0.2) is 4.79 Å². The molecule has 0 aromatic heterocycles. The van der Waals surface area contributed by atoms with Crippen LogP contribution in [0, 0.1) is 7.14 Å². The fourth-order valence-electron chi connectivity index (χ4n) is 1.07. The molecule has 0 atom stereocenters. The van der Waals surface area contributed by atoms with Crippen LogP contribution in [-0.4, -0.2) is 22.8 Å². The highest BCUT2D eigenvalue weighted by Gasteiger charge is 2.14. The van der Waals surface area contributed by atoms with Gasteiger partial charge in [-0.2, -0.15) is 0 Å². The number of hydrogen-bond donors (Lipinski definition) is 0. The molecule has 0 aliphatic carbocycles. The zero-order valence-corrected chi connectivity index (χ0v) is 14.7. The molecule has 0 bridgehead atoms. The molecular formula is C10H12I2O2Si. The first-order valence-corrected chi connectivity index (χ1v) is 8.35. The highest BCUT2D eigenvalue weighted by molar-refractivity contribution is 14.1. The molecule has 1 aromatic carbocycles. The fourth-order valence-corrected chi connectivity index (χ4v) is 3.32. The average Bonchev–Trinajstić information content (AvgIpc) is 2.18. The van der Waals surface area contributed by atoms with E-state index in [4.69, 9.17) is 4.74 Å². The summed E-state index contributed by atoms with van der Waals surface area (Å²) in [6.07, 6.45) is 0.984. The lowest BCUT2D eigenvalue weighted by molar-refractivity contribution is 0.0503. The lowest BCUT2D eigenvalue weighted by Crippen LogP contribution is -2.10. The van der Waals surface area contributed by atoms with Crippen LogP contribution in [0.5, 0.6) is 0 Å². The van der Waals surface area contributed by atoms with E-state index in [1.54, 1.807) is 0 Å². The van der Waals surface area contributed by atoms with Crippen molar-refractivity contribution in [3.63, 3.8) is 0 Å². The largest absolute Gasteiger partial charge is 0.462 e. The average molecular weight is 446 g/mol. The van der Waals surface area contributed by atoms with Crippen LogP contribution in [0.1, 0.15) is 16.8 Å². The van der Waals surface area contributed by atoms with Gasteiger partial charge in [0.15, 0.2) is 0 Å². The van der Waals surface area contributed by atoms with Crippen molar-refractivity contribution in [3.05, 3.63) is 30.9 Å². The zero-order chi connectivity index (χ0) is 11.3. The summed E-state index contributed by atoms with van der Waals surface area (Å²) in [5.41, 5.74) is 0.701. The minimum atomic E-state index is -0.195. The van der Waals surface area contributed by atoms with Crippen molar-refractivity contribution >= 4 is 61.4 Å². The van der Waals surface area contributed by atoms with Gasteiger partial charge in [0.1, 0.15) is 0 Å². The maximum absolute atomic E-state index is 11.7. The van der Waals surface area contributed by atoms with Gasteiger partial charge in [0, 0.05) is 17.4 Å². The number of rotatable bonds is 4. The maximum Gasteiger partial charge on any atom is 0.340 e. The Balaban J connectivity index is 2.73. The second kappa shape index (κ2) is 6.84. The lowest BCUT2D eigenvalue weighted by atomic mass is 10.2. The van der Waals surface area contributed by atoms with E-state index in [-0.39, 0.29) is 5.97 Å². The van der Waals surface area contributed by atoms with Crippen LogP contribution < -0.4 is 0 Å². The van der Waals surface area contributed by atoms with Crippen LogP contribution in [0.3, 0.4) is 0 Å². The van der Waals surface area contributed by atoms with Gasteiger partial charge in [0.25, 0.3) is 0 Å². The Morgan fingerprint density at radius 2 is 1.93 bits per heavy atom. The summed E-state index contributed by atoms with van der Waals surface area (Å²) in [5.74, 6) is -0.195. The van der Waals surface area contributed by atoms with Crippen molar-refractivity contribution < 1.29 is 9.53 Å². The Hall–Kier alpha value is 0.367. The third kappa shape index (κ3) is 4.02. The number of carbonyl (C=O) groups is 1. The molecule has 1 rings (SSSR count). The second-order valence-electron chi connectivity index (χ2n) is 3.09. The fraction of sp³-hybridized carbons (Fsp3) is 0.300. The van der Waals surface area contributed by atoms with Gasteiger partial charge in [-0.05, 0) is 63.7 Å². The number of ether oxygens (including phenoxy) is 1. The number of hydrogen-bond acceptors (Lipinski definition) is 2. The second-order valence-corrected chi connectivity index (χ2v) is 6.41. The predicted molar refractivity (Wildman–Crippen MR) is 81.5 cm³/mol. The van der Waals surface area contributed by atoms with Gasteiger partial charge >= 0.3 is 5.97 Å². The predicted octanol–water partition coefficient (Wildman–Crippen LogP) is 2.23. The zero-order valence-electron chi connectivity index (χ0n) is 8.43. The van der Waals surface area contributed by atoms with Crippen molar-refractivity contribution in [1.82, 2.24) is 0 Å². The van der Waals surface area contributed by atoms with Gasteiger partial charge in [0.05, 0.1) is 12.2 Å². The summed E-state index contributed by atoms with van der Waals surface area (Å²) >= 11 is 4.33. The lowest BCUT2D eigenvalue weighted by Gasteiger charge is -2.07. The molecule has 0 aliphatic rings. The Bertz CT molecular complexity index is 335. The standard InChI is InChI=1S/C10H12I2O2Si/c11-7-3-1-4-8(12)9(7)10(13)14-5-2-6-15/h1,3-4H,2,5-6H2,15H3. The van der Waals surface area contributed by atoms with Crippen LogP contribution >= 0.6 is 45.2 Å². The molecule has 0 saturated carbocycles. The Morgan fingerprint density at radius 1 is 1.33 bits per heavy atom. The molecule has 0 heterocycles. The van der Waals surface area contributed by atoms with Crippen molar-refractivity contribution in [2.75, 3.05) is 6.61 Å². The van der Waals surface area contributed by atoms with Crippen molar-refractivity contribution in [3.8, 4) is 0 Å². The SMILES string of the molecule is O=C(OCCC[SiH3])c1c(I)cccc1I. The van der Waals surface area contributed by atoms with E-state index in [1.807, 2.05) is 18.2 Å². The molecule has 82 valence electrons. The molecule has 0 fully saturated rings. The summed E-state index contributed by atoms with van der Waals surface area (Å²) in [6.45, 7) is 0.545. The monoisotopic (exact) mass is 446 g/mol. The maximum atomic E-state index is 11.7. The van der Waals surface area contributed by atoms with Gasteiger partial charge in [-0.1, -0.05) is 12.1 Å². The Kier molecular flexibility index (Phi) is 6.13. The minimum absolute atomic E-state index is 0.195. The molecular weight excluding hydrogens is 434 g/mol. The Labute approximate surface area is 120 Å². The summed E-state index contributed by atoms with van der Waals surface area (Å²) in [4.78, 5) is 11.7. The van der Waals surface area contributed by atoms with E-state index in [0.717, 1.165) is 13.6 Å². The smallest absolute Gasteiger partial charge is 0.340 e. The first-order valence-electron chi connectivity index (χ1n) is 4.78. The number of esters is 1. The Morgan fingerprint density at radius 3 is 2.47 bits per heavy atom. The molecule has 0 aliphatic heterocycles. The third-order valence-electron chi connectivity index (χ3n) is 1.90. The van der Waals surface area contributed by atoms with Crippen LogP contribution in [0.2, 0.25) is 6.04 Å². The van der Waals surface area contributed by atoms with Crippen LogP contribution in [0.4, 0.5) is 0 Å². The molecule has 2 nitrogen and oxygen atoms in total. The number of carbonyl (C=O) groups excluding carboxylic acids is 1. The van der Waals surface area contributed by atoms with Crippen LogP contribution in [-0.2, 0) is 4.74 Å². The molecule has 5 heteroatoms. The van der Waals surface area contributed by atoms with E-state index >= 15 is 0 Å². The topological polar surface area (TPSA) is 26.3 Å². The third-order valence-corrected chi connectivity index (χ3v) is 4.40. The summed E-state index contributed by atoms with van der Waals surface area (Å²) in [7, 11) is 1.17. The van der Waals surface area contributed by atoms with Gasteiger partial charge in [0.2, 0.25) is 0 Å². The van der Waals surface area contributed by atoms with Crippen LogP contribution in [0.25, 0.3) is 0 Å². The quantitative estimate of drug-likeness (QED) is 0.307. The number of halogens is 2. The van der Waals surface area contributed by atoms with Gasteiger partial charge in [-0.15, -0.1) is 0 Å². The van der Waals surface area contributed by atoms with Crippen molar-refractivity contribution in [2.45, 2.75) is 12.5 Å². The molecule has 0 amide bonds. The number of benzene rings is 1. The summed E-state index contributed by atoms with van der Waals surface area (Å²) < 4.78 is 7.11. The van der Waals surface area contributed by atoms with Gasteiger partial charge < -0.3 is 4.74 Å². The van der Waals surface area contributed by atoms with E-state index in [9.17, 15) is 4.79 Å².